The summed E-state index contributed by atoms with van der Waals surface area (Å²) >= 11 is 0. The Bertz CT molecular complexity index is 3600. The summed E-state index contributed by atoms with van der Waals surface area (Å²) in [6.45, 7) is 0. The second-order valence-corrected chi connectivity index (χ2v) is 16.9. The number of nitrogens with zero attached hydrogens (tertiary/aromatic N) is 2. The minimum absolute atomic E-state index is 0.361. The molecule has 0 saturated heterocycles. The second-order valence-electron chi connectivity index (χ2n) is 16.9. The van der Waals surface area contributed by atoms with Crippen molar-refractivity contribution in [3.05, 3.63) is 265 Å². The lowest BCUT2D eigenvalue weighted by atomic mass is 9.79. The summed E-state index contributed by atoms with van der Waals surface area (Å²) in [5.74, 6) is 1.45. The molecule has 67 heavy (non-hydrogen) atoms. The molecule has 12 rings (SSSR count). The van der Waals surface area contributed by atoms with Crippen LogP contribution in [-0.4, -0.2) is 11.7 Å². The Hall–Kier alpha value is -8.86. The monoisotopic (exact) mass is 857 g/mol. The van der Waals surface area contributed by atoms with E-state index in [-0.39, 0.29) is 6.17 Å². The molecule has 0 spiro atoms. The molecule has 0 radical (unpaired) electrons. The maximum Gasteiger partial charge on any atom is 0.159 e. The van der Waals surface area contributed by atoms with Crippen molar-refractivity contribution in [3.8, 4) is 66.8 Å². The molecule has 2 heterocycles. The van der Waals surface area contributed by atoms with Gasteiger partial charge in [0.05, 0.1) is 0 Å². The van der Waals surface area contributed by atoms with Crippen LogP contribution in [0.2, 0.25) is 0 Å². The summed E-state index contributed by atoms with van der Waals surface area (Å²) < 4.78 is 6.28. The van der Waals surface area contributed by atoms with Crippen LogP contribution >= 0.6 is 0 Å². The van der Waals surface area contributed by atoms with Gasteiger partial charge in [0, 0.05) is 27.5 Å². The number of aliphatic imine (C=N–C) groups is 2. The van der Waals surface area contributed by atoms with E-state index in [1.165, 1.54) is 50.1 Å². The Morgan fingerprint density at radius 3 is 1.33 bits per heavy atom. The molecule has 4 nitrogen and oxygen atoms in total. The van der Waals surface area contributed by atoms with E-state index in [0.717, 1.165) is 61.2 Å². The molecule has 316 valence electrons. The molecule has 0 fully saturated rings. The van der Waals surface area contributed by atoms with Crippen LogP contribution in [0.3, 0.4) is 0 Å². The molecule has 1 atom stereocenters. The van der Waals surface area contributed by atoms with Crippen molar-refractivity contribution in [3.63, 3.8) is 0 Å². The first-order valence-corrected chi connectivity index (χ1v) is 22.8. The maximum absolute atomic E-state index is 6.28. The van der Waals surface area contributed by atoms with Crippen LogP contribution in [0, 0.1) is 0 Å². The molecule has 0 amide bonds. The van der Waals surface area contributed by atoms with Gasteiger partial charge in [0.2, 0.25) is 0 Å². The highest BCUT2D eigenvalue weighted by molar-refractivity contribution is 6.13. The summed E-state index contributed by atoms with van der Waals surface area (Å²) in [5, 5.41) is 5.81. The fraction of sp³-hybridized carbons (Fsp3) is 0.0159. The van der Waals surface area contributed by atoms with Crippen molar-refractivity contribution >= 4 is 33.6 Å². The van der Waals surface area contributed by atoms with Crippen LogP contribution in [0.25, 0.3) is 88.7 Å². The van der Waals surface area contributed by atoms with Crippen molar-refractivity contribution < 1.29 is 4.42 Å². The SMILES string of the molecule is c1ccc(C2=NC(c3ccc(-c4ccc(-c5cc(-c6ccccc6)c(-c6ccccc6)c(-c6ccccc6)c5-c5ccccc5)cc4)cc3)=NC(c3ccc4c(c3)oc3ccccc34)N2)cc1. The van der Waals surface area contributed by atoms with Crippen LogP contribution in [0.1, 0.15) is 22.9 Å². The van der Waals surface area contributed by atoms with E-state index in [1.807, 2.05) is 36.4 Å². The summed E-state index contributed by atoms with van der Waals surface area (Å²) in [5.41, 5.74) is 18.7. The van der Waals surface area contributed by atoms with Crippen LogP contribution in [-0.2, 0) is 0 Å². The number of para-hydroxylation sites is 1. The first-order valence-electron chi connectivity index (χ1n) is 22.8. The maximum atomic E-state index is 6.28. The summed E-state index contributed by atoms with van der Waals surface area (Å²) in [4.78, 5) is 10.3. The van der Waals surface area contributed by atoms with Gasteiger partial charge in [-0.15, -0.1) is 0 Å². The first-order chi connectivity index (χ1) is 33.2. The Labute approximate surface area is 389 Å². The van der Waals surface area contributed by atoms with Crippen molar-refractivity contribution in [2.24, 2.45) is 9.98 Å². The molecule has 4 heteroatoms. The Morgan fingerprint density at radius 2 is 0.761 bits per heavy atom. The normalized spacial score (nSPS) is 13.5. The highest BCUT2D eigenvalue weighted by atomic mass is 16.3. The van der Waals surface area contributed by atoms with E-state index < -0.39 is 0 Å². The number of rotatable bonds is 9. The molecule has 10 aromatic carbocycles. The highest BCUT2D eigenvalue weighted by Crippen LogP contribution is 2.50. The molecular formula is C63H43N3O. The number of benzene rings is 10. The summed E-state index contributed by atoms with van der Waals surface area (Å²) in [7, 11) is 0. The number of nitrogens with one attached hydrogen (secondary N) is 1. The third kappa shape index (κ3) is 7.61. The quantitative estimate of drug-likeness (QED) is 0.157. The van der Waals surface area contributed by atoms with Gasteiger partial charge >= 0.3 is 0 Å². The number of hydrogen-bond acceptors (Lipinski definition) is 4. The number of amidine groups is 2. The van der Waals surface area contributed by atoms with Crippen molar-refractivity contribution in [2.75, 3.05) is 0 Å². The zero-order valence-electron chi connectivity index (χ0n) is 36.6. The van der Waals surface area contributed by atoms with Crippen molar-refractivity contribution in [1.82, 2.24) is 5.32 Å². The van der Waals surface area contributed by atoms with Crippen LogP contribution in [0.4, 0.5) is 0 Å². The van der Waals surface area contributed by atoms with Gasteiger partial charge in [-0.1, -0.05) is 231 Å². The molecule has 1 N–H and O–H groups in total. The second kappa shape index (κ2) is 17.3. The third-order valence-corrected chi connectivity index (χ3v) is 12.8. The molecular weight excluding hydrogens is 815 g/mol. The molecule has 0 aliphatic carbocycles. The Kier molecular flexibility index (Phi) is 10.2. The van der Waals surface area contributed by atoms with E-state index in [1.54, 1.807) is 0 Å². The molecule has 0 saturated carbocycles. The van der Waals surface area contributed by atoms with Crippen LogP contribution in [0.15, 0.2) is 263 Å². The molecule has 1 unspecified atom stereocenters. The molecule has 0 bridgehead atoms. The third-order valence-electron chi connectivity index (χ3n) is 12.8. The number of furan rings is 1. The van der Waals surface area contributed by atoms with Gasteiger partial charge in [0.1, 0.15) is 23.2 Å². The number of fused-ring (bicyclic) bond motifs is 3. The Balaban J connectivity index is 0.940. The summed E-state index contributed by atoms with van der Waals surface area (Å²) in [6.07, 6.45) is -0.361. The Morgan fingerprint density at radius 1 is 0.328 bits per heavy atom. The lowest BCUT2D eigenvalue weighted by Crippen LogP contribution is -2.33. The average Bonchev–Trinajstić information content (AvgIpc) is 3.79. The van der Waals surface area contributed by atoms with Gasteiger partial charge in [-0.2, -0.15) is 0 Å². The molecule has 1 aliphatic rings. The average molecular weight is 858 g/mol. The smallest absolute Gasteiger partial charge is 0.159 e. The minimum atomic E-state index is -0.361. The van der Waals surface area contributed by atoms with E-state index >= 15 is 0 Å². The lowest BCUT2D eigenvalue weighted by Gasteiger charge is -2.24. The topological polar surface area (TPSA) is 49.9 Å². The van der Waals surface area contributed by atoms with Crippen molar-refractivity contribution in [2.45, 2.75) is 6.17 Å². The fourth-order valence-corrected chi connectivity index (χ4v) is 9.52. The largest absolute Gasteiger partial charge is 0.456 e. The van der Waals surface area contributed by atoms with Gasteiger partial charge in [0.25, 0.3) is 0 Å². The predicted molar refractivity (Wildman–Crippen MR) is 278 cm³/mol. The molecule has 11 aromatic rings. The lowest BCUT2D eigenvalue weighted by molar-refractivity contribution is 0.655. The molecule has 1 aliphatic heterocycles. The summed E-state index contributed by atoms with van der Waals surface area (Å²) in [6, 6.07) is 88.1. The van der Waals surface area contributed by atoms with Crippen LogP contribution in [0.5, 0.6) is 0 Å². The van der Waals surface area contributed by atoms with Gasteiger partial charge < -0.3 is 9.73 Å². The van der Waals surface area contributed by atoms with Crippen molar-refractivity contribution in [1.29, 1.82) is 0 Å². The molecule has 1 aromatic heterocycles. The standard InChI is InChI=1S/C63H43N3O/c1-6-18-44(19-7-1)54-41-55(59(47-22-10-3-11-23-47)60(48-24-12-4-13-25-48)58(54)46-20-8-2-9-21-46)45-34-30-42(31-35-45)43-32-36-50(37-33-43)62-64-61(49-26-14-5-15-27-49)65-63(66-62)51-38-39-53-52-28-16-17-29-56(52)67-57(53)40-51/h1-41,63H,(H,64,65,66). The zero-order chi connectivity index (χ0) is 44.5. The van der Waals surface area contributed by atoms with E-state index in [2.05, 4.69) is 218 Å². The van der Waals surface area contributed by atoms with Gasteiger partial charge in [-0.3, -0.25) is 0 Å². The minimum Gasteiger partial charge on any atom is -0.456 e. The van der Waals surface area contributed by atoms with E-state index in [4.69, 9.17) is 14.4 Å². The fourth-order valence-electron chi connectivity index (χ4n) is 9.52. The van der Waals surface area contributed by atoms with Crippen LogP contribution < -0.4 is 5.32 Å². The zero-order valence-corrected chi connectivity index (χ0v) is 36.6. The highest BCUT2D eigenvalue weighted by Gasteiger charge is 2.25. The predicted octanol–water partition coefficient (Wildman–Crippen LogP) is 16.1. The number of hydrogen-bond donors (Lipinski definition) is 1. The van der Waals surface area contributed by atoms with E-state index in [9.17, 15) is 0 Å². The van der Waals surface area contributed by atoms with Gasteiger partial charge in [0.15, 0.2) is 5.84 Å². The van der Waals surface area contributed by atoms with E-state index in [0.29, 0.717) is 5.84 Å². The van der Waals surface area contributed by atoms with Gasteiger partial charge in [-0.05, 0) is 85.0 Å². The van der Waals surface area contributed by atoms with Gasteiger partial charge in [-0.25, -0.2) is 9.98 Å². The first kappa shape index (κ1) is 39.7.